The van der Waals surface area contributed by atoms with Gasteiger partial charge in [-0.15, -0.1) is 24.8 Å². The van der Waals surface area contributed by atoms with Crippen molar-refractivity contribution in [3.63, 3.8) is 0 Å². The van der Waals surface area contributed by atoms with Gasteiger partial charge in [-0.2, -0.15) is 0 Å². The average molecular weight is 872 g/mol. The SMILES string of the molecule is CC(C)(C)OC(=O)N1CC2CCC(C1)N2c1ccnc(CCCOCCOC2CCCCO2)c1.CO.Cl.Cl.OCCOCCCc1cc(N2C3CCC2CNC3)ccn1. The van der Waals surface area contributed by atoms with Crippen LogP contribution in [0, 0.1) is 0 Å². The molecule has 7 rings (SSSR count). The number of ether oxygens (including phenoxy) is 5. The lowest BCUT2D eigenvalue weighted by Gasteiger charge is -2.42. The van der Waals surface area contributed by atoms with Crippen LogP contribution in [0.4, 0.5) is 16.2 Å². The average Bonchev–Trinajstić information content (AvgIpc) is 3.63. The van der Waals surface area contributed by atoms with E-state index in [0.717, 1.165) is 89.6 Å². The molecule has 336 valence electrons. The third-order valence-corrected chi connectivity index (χ3v) is 11.1. The van der Waals surface area contributed by atoms with E-state index in [1.807, 2.05) is 38.1 Å². The number of carbonyl (C=O) groups is 1. The number of aromatic nitrogens is 2. The number of aliphatic hydroxyl groups is 2. The quantitative estimate of drug-likeness (QED) is 0.181. The molecule has 2 aromatic heterocycles. The van der Waals surface area contributed by atoms with Gasteiger partial charge in [0.25, 0.3) is 0 Å². The second-order valence-corrected chi connectivity index (χ2v) is 16.5. The highest BCUT2D eigenvalue weighted by Gasteiger charge is 2.42. The fourth-order valence-corrected chi connectivity index (χ4v) is 8.59. The van der Waals surface area contributed by atoms with Crippen LogP contribution in [0.25, 0.3) is 0 Å². The monoisotopic (exact) mass is 870 g/mol. The molecule has 0 aliphatic carbocycles. The lowest BCUT2D eigenvalue weighted by atomic mass is 10.1. The van der Waals surface area contributed by atoms with E-state index in [2.05, 4.69) is 49.4 Å². The molecule has 5 fully saturated rings. The number of aryl methyl sites for hydroxylation is 2. The number of nitrogens with zero attached hydrogens (tertiary/aromatic N) is 5. The summed E-state index contributed by atoms with van der Waals surface area (Å²) in [5.41, 5.74) is 4.29. The summed E-state index contributed by atoms with van der Waals surface area (Å²) in [5.74, 6) is 0. The van der Waals surface area contributed by atoms with Gasteiger partial charge in [-0.25, -0.2) is 4.79 Å². The van der Waals surface area contributed by atoms with Gasteiger partial charge in [0.1, 0.15) is 5.60 Å². The van der Waals surface area contributed by atoms with Crippen LogP contribution in [0.1, 0.15) is 89.9 Å². The Morgan fingerprint density at radius 2 is 1.32 bits per heavy atom. The molecule has 1 amide bonds. The first-order chi connectivity index (χ1) is 27.8. The van der Waals surface area contributed by atoms with Gasteiger partial charge >= 0.3 is 6.09 Å². The first kappa shape index (κ1) is 50.8. The fourth-order valence-electron chi connectivity index (χ4n) is 8.59. The normalized spacial score (nSPS) is 23.2. The Balaban J connectivity index is 0.000000321. The van der Waals surface area contributed by atoms with Gasteiger partial charge in [-0.1, -0.05) is 0 Å². The predicted molar refractivity (Wildman–Crippen MR) is 235 cm³/mol. The molecule has 59 heavy (non-hydrogen) atoms. The maximum atomic E-state index is 12.6. The summed E-state index contributed by atoms with van der Waals surface area (Å²) in [4.78, 5) is 28.6. The number of rotatable bonds is 16. The molecule has 0 spiro atoms. The number of nitrogens with one attached hydrogen (secondary N) is 1. The number of hydrogen-bond acceptors (Lipinski definition) is 13. The molecule has 5 aliphatic rings. The highest BCUT2D eigenvalue weighted by Crippen LogP contribution is 2.36. The number of piperazine rings is 2. The molecular weight excluding hydrogens is 799 g/mol. The molecule has 7 heterocycles. The number of pyridine rings is 2. The third kappa shape index (κ3) is 16.0. The summed E-state index contributed by atoms with van der Waals surface area (Å²) in [6, 6.07) is 10.6. The fraction of sp³-hybridized carbons (Fsp3) is 0.744. The Morgan fingerprint density at radius 1 is 0.780 bits per heavy atom. The summed E-state index contributed by atoms with van der Waals surface area (Å²) in [6.07, 6.45) is 15.4. The Labute approximate surface area is 364 Å². The highest BCUT2D eigenvalue weighted by molar-refractivity contribution is 5.85. The van der Waals surface area contributed by atoms with Crippen LogP contribution in [0.15, 0.2) is 36.7 Å². The lowest BCUT2D eigenvalue weighted by Crippen LogP contribution is -2.56. The van der Waals surface area contributed by atoms with E-state index in [0.29, 0.717) is 70.3 Å². The molecule has 16 heteroatoms. The van der Waals surface area contributed by atoms with E-state index in [-0.39, 0.29) is 43.8 Å². The minimum atomic E-state index is -0.464. The molecule has 5 saturated heterocycles. The number of carbonyl (C=O) groups excluding carboxylic acids is 1. The number of likely N-dealkylation sites (tertiary alicyclic amines) is 1. The summed E-state index contributed by atoms with van der Waals surface area (Å²) < 4.78 is 27.9. The van der Waals surface area contributed by atoms with Crippen LogP contribution in [-0.2, 0) is 36.5 Å². The zero-order valence-electron chi connectivity index (χ0n) is 35.8. The highest BCUT2D eigenvalue weighted by atomic mass is 35.5. The minimum absolute atomic E-state index is 0. The van der Waals surface area contributed by atoms with Crippen molar-refractivity contribution in [1.82, 2.24) is 20.2 Å². The Morgan fingerprint density at radius 3 is 1.85 bits per heavy atom. The summed E-state index contributed by atoms with van der Waals surface area (Å²) in [5, 5.41) is 19.2. The molecule has 5 atom stereocenters. The van der Waals surface area contributed by atoms with Gasteiger partial charge in [-0.05, 0) is 116 Å². The number of fused-ring (bicyclic) bond motifs is 4. The molecule has 14 nitrogen and oxygen atoms in total. The largest absolute Gasteiger partial charge is 0.444 e. The smallest absolute Gasteiger partial charge is 0.410 e. The summed E-state index contributed by atoms with van der Waals surface area (Å²) in [6.45, 7) is 13.3. The van der Waals surface area contributed by atoms with Crippen LogP contribution < -0.4 is 15.1 Å². The molecule has 3 N–H and O–H groups in total. The van der Waals surface area contributed by atoms with Crippen molar-refractivity contribution >= 4 is 42.3 Å². The number of amides is 1. The molecule has 2 aromatic rings. The van der Waals surface area contributed by atoms with E-state index >= 15 is 0 Å². The standard InChI is InChI=1S/C26H41N3O5.C16H25N3O2.CH4O.2ClH/c1-26(2,3)34-25(30)28-18-22-9-10-23(19-28)29(22)21-11-12-27-20(17-21)7-6-13-31-15-16-33-24-8-4-5-14-32-24;20-7-9-21-8-1-2-13-10-14(5-6-18-13)19-15-3-4-16(19)12-17-11-15;1-2;;/h11-12,17,22-24H,4-10,13-16,18-19H2,1-3H3;5-6,10,15-17,20H,1-4,7-9,11-12H2;2H,1H3;2*1H. The van der Waals surface area contributed by atoms with E-state index < -0.39 is 5.60 Å². The van der Waals surface area contributed by atoms with Crippen molar-refractivity contribution in [3.05, 3.63) is 48.0 Å². The van der Waals surface area contributed by atoms with E-state index in [1.54, 1.807) is 0 Å². The number of hydrogen-bond donors (Lipinski definition) is 3. The maximum absolute atomic E-state index is 12.6. The first-order valence-electron chi connectivity index (χ1n) is 21.4. The van der Waals surface area contributed by atoms with Gasteiger partial charge in [-0.3, -0.25) is 9.97 Å². The zero-order valence-corrected chi connectivity index (χ0v) is 37.4. The Hall–Kier alpha value is -2.53. The van der Waals surface area contributed by atoms with Crippen molar-refractivity contribution in [2.24, 2.45) is 0 Å². The zero-order chi connectivity index (χ0) is 40.5. The van der Waals surface area contributed by atoms with E-state index in [4.69, 9.17) is 33.9 Å². The van der Waals surface area contributed by atoms with Crippen LogP contribution >= 0.6 is 24.8 Å². The van der Waals surface area contributed by atoms with E-state index in [9.17, 15) is 4.79 Å². The van der Waals surface area contributed by atoms with Crippen molar-refractivity contribution in [1.29, 1.82) is 0 Å². The predicted octanol–water partition coefficient (Wildman–Crippen LogP) is 5.58. The second kappa shape index (κ2) is 26.7. The minimum Gasteiger partial charge on any atom is -0.444 e. The molecule has 0 radical (unpaired) electrons. The molecule has 5 aliphatic heterocycles. The Kier molecular flexibility index (Phi) is 23.0. The number of aliphatic hydroxyl groups excluding tert-OH is 2. The molecular formula is C43H72Cl2N6O8. The summed E-state index contributed by atoms with van der Waals surface area (Å²) in [7, 11) is 1.00. The van der Waals surface area contributed by atoms with Gasteiger partial charge < -0.3 is 53.9 Å². The van der Waals surface area contributed by atoms with Crippen molar-refractivity contribution in [3.8, 4) is 0 Å². The van der Waals surface area contributed by atoms with E-state index in [1.165, 1.54) is 30.6 Å². The van der Waals surface area contributed by atoms with Crippen molar-refractivity contribution in [2.75, 3.05) is 89.3 Å². The van der Waals surface area contributed by atoms with Crippen LogP contribution in [-0.4, -0.2) is 147 Å². The maximum Gasteiger partial charge on any atom is 0.410 e. The topological polar surface area (TPSA) is 151 Å². The summed E-state index contributed by atoms with van der Waals surface area (Å²) >= 11 is 0. The van der Waals surface area contributed by atoms with Crippen molar-refractivity contribution in [2.45, 2.75) is 127 Å². The van der Waals surface area contributed by atoms with Crippen LogP contribution in [0.2, 0.25) is 0 Å². The molecule has 0 saturated carbocycles. The molecule has 4 bridgehead atoms. The first-order valence-corrected chi connectivity index (χ1v) is 21.4. The van der Waals surface area contributed by atoms with Gasteiger partial charge in [0.05, 0.1) is 26.4 Å². The van der Waals surface area contributed by atoms with Crippen molar-refractivity contribution < 1.29 is 38.7 Å². The number of anilines is 2. The number of halogens is 2. The lowest BCUT2D eigenvalue weighted by molar-refractivity contribution is -0.169. The Bertz CT molecular complexity index is 1440. The van der Waals surface area contributed by atoms with Gasteiger partial charge in [0, 0.05) is 112 Å². The second-order valence-electron chi connectivity index (χ2n) is 16.5. The third-order valence-electron chi connectivity index (χ3n) is 11.1. The molecule has 5 unspecified atom stereocenters. The van der Waals surface area contributed by atoms with Gasteiger partial charge in [0.2, 0.25) is 0 Å². The van der Waals surface area contributed by atoms with Crippen LogP contribution in [0.3, 0.4) is 0 Å². The van der Waals surface area contributed by atoms with Crippen LogP contribution in [0.5, 0.6) is 0 Å². The van der Waals surface area contributed by atoms with Gasteiger partial charge in [0.15, 0.2) is 6.29 Å². The molecule has 0 aromatic carbocycles.